The molecule has 86 valence electrons. The van der Waals surface area contributed by atoms with Gasteiger partial charge in [0.1, 0.15) is 5.82 Å². The van der Waals surface area contributed by atoms with Crippen molar-refractivity contribution in [2.45, 2.75) is 12.3 Å². The lowest BCUT2D eigenvalue weighted by Crippen LogP contribution is -2.01. The van der Waals surface area contributed by atoms with Crippen molar-refractivity contribution in [1.29, 1.82) is 0 Å². The quantitative estimate of drug-likeness (QED) is 0.629. The molecule has 1 aromatic rings. The molecule has 0 saturated heterocycles. The molecule has 2 atom stereocenters. The molecule has 0 heterocycles. The van der Waals surface area contributed by atoms with Crippen LogP contribution in [0.3, 0.4) is 0 Å². The number of carbonyl (C=O) groups excluding carboxylic acids is 1. The van der Waals surface area contributed by atoms with E-state index in [9.17, 15) is 13.6 Å². The van der Waals surface area contributed by atoms with E-state index >= 15 is 0 Å². The topological polar surface area (TPSA) is 26.3 Å². The molecule has 16 heavy (non-hydrogen) atoms. The SMILES string of the molecule is O=COc1c(F)ccc(F)c1[C@H]1C[C@H]1CBr. The van der Waals surface area contributed by atoms with Gasteiger partial charge >= 0.3 is 0 Å². The third-order valence-corrected chi connectivity index (χ3v) is 3.58. The van der Waals surface area contributed by atoms with Crippen LogP contribution in [0.25, 0.3) is 0 Å². The van der Waals surface area contributed by atoms with Gasteiger partial charge in [-0.25, -0.2) is 8.78 Å². The highest BCUT2D eigenvalue weighted by Crippen LogP contribution is 2.52. The molecule has 5 heteroatoms. The lowest BCUT2D eigenvalue weighted by Gasteiger charge is -2.08. The van der Waals surface area contributed by atoms with Crippen molar-refractivity contribution in [2.24, 2.45) is 5.92 Å². The van der Waals surface area contributed by atoms with Gasteiger partial charge in [0.25, 0.3) is 6.47 Å². The molecule has 0 bridgehead atoms. The van der Waals surface area contributed by atoms with E-state index in [-0.39, 0.29) is 29.6 Å². The summed E-state index contributed by atoms with van der Waals surface area (Å²) in [5.74, 6) is -1.28. The molecule has 1 fully saturated rings. The van der Waals surface area contributed by atoms with Crippen molar-refractivity contribution in [3.8, 4) is 5.75 Å². The number of rotatable bonds is 4. The van der Waals surface area contributed by atoms with Crippen LogP contribution in [0.15, 0.2) is 12.1 Å². The molecule has 1 aliphatic carbocycles. The highest BCUT2D eigenvalue weighted by atomic mass is 79.9. The number of carbonyl (C=O) groups is 1. The maximum Gasteiger partial charge on any atom is 0.298 e. The molecule has 0 amide bonds. The second-order valence-electron chi connectivity index (χ2n) is 3.74. The van der Waals surface area contributed by atoms with Gasteiger partial charge in [-0.05, 0) is 30.4 Å². The zero-order valence-corrected chi connectivity index (χ0v) is 9.84. The van der Waals surface area contributed by atoms with Crippen molar-refractivity contribution < 1.29 is 18.3 Å². The summed E-state index contributed by atoms with van der Waals surface area (Å²) in [4.78, 5) is 10.3. The Morgan fingerprint density at radius 1 is 1.44 bits per heavy atom. The Balaban J connectivity index is 2.41. The summed E-state index contributed by atoms with van der Waals surface area (Å²) < 4.78 is 31.5. The number of ether oxygens (including phenoxy) is 1. The van der Waals surface area contributed by atoms with Gasteiger partial charge in [0.05, 0.1) is 0 Å². The minimum absolute atomic E-state index is 0.0648. The smallest absolute Gasteiger partial charge is 0.298 e. The molecule has 2 rings (SSSR count). The molecule has 0 spiro atoms. The van der Waals surface area contributed by atoms with Crippen molar-refractivity contribution in [3.63, 3.8) is 0 Å². The highest BCUT2D eigenvalue weighted by molar-refractivity contribution is 9.09. The average molecular weight is 291 g/mol. The van der Waals surface area contributed by atoms with Crippen molar-refractivity contribution in [1.82, 2.24) is 0 Å². The van der Waals surface area contributed by atoms with E-state index in [2.05, 4.69) is 20.7 Å². The lowest BCUT2D eigenvalue weighted by molar-refractivity contribution is -0.120. The molecule has 1 aromatic carbocycles. The summed E-state index contributed by atoms with van der Waals surface area (Å²) in [6, 6.07) is 2.02. The van der Waals surface area contributed by atoms with E-state index in [1.807, 2.05) is 0 Å². The largest absolute Gasteiger partial charge is 0.425 e. The number of alkyl halides is 1. The Morgan fingerprint density at radius 3 is 2.69 bits per heavy atom. The Bertz CT molecular complexity index is 423. The summed E-state index contributed by atoms with van der Waals surface area (Å²) in [6.45, 7) is 0.118. The molecule has 1 aliphatic rings. The Kier molecular flexibility index (Phi) is 3.23. The molecular formula is C11H9BrF2O2. The predicted molar refractivity (Wildman–Crippen MR) is 57.7 cm³/mol. The number of benzene rings is 1. The van der Waals surface area contributed by atoms with Gasteiger partial charge in [-0.15, -0.1) is 0 Å². The number of hydrogen-bond acceptors (Lipinski definition) is 2. The Hall–Kier alpha value is -0.970. The van der Waals surface area contributed by atoms with Gasteiger partial charge in [-0.3, -0.25) is 4.79 Å². The Morgan fingerprint density at radius 2 is 2.12 bits per heavy atom. The van der Waals surface area contributed by atoms with Gasteiger partial charge in [0.2, 0.25) is 0 Å². The fourth-order valence-corrected chi connectivity index (χ4v) is 2.55. The van der Waals surface area contributed by atoms with Crippen LogP contribution in [0.4, 0.5) is 8.78 Å². The molecule has 0 unspecified atom stereocenters. The van der Waals surface area contributed by atoms with Crippen molar-refractivity contribution >= 4 is 22.4 Å². The van der Waals surface area contributed by atoms with Crippen LogP contribution >= 0.6 is 15.9 Å². The van der Waals surface area contributed by atoms with Crippen LogP contribution in [0.2, 0.25) is 0 Å². The molecule has 0 aliphatic heterocycles. The third kappa shape index (κ3) is 1.96. The van der Waals surface area contributed by atoms with Gasteiger partial charge in [-0.1, -0.05) is 15.9 Å². The first kappa shape index (κ1) is 11.5. The van der Waals surface area contributed by atoms with E-state index in [1.54, 1.807) is 0 Å². The molecule has 0 N–H and O–H groups in total. The van der Waals surface area contributed by atoms with E-state index in [0.717, 1.165) is 23.9 Å². The second-order valence-corrected chi connectivity index (χ2v) is 4.39. The molecule has 1 saturated carbocycles. The second kappa shape index (κ2) is 4.49. The van der Waals surface area contributed by atoms with Gasteiger partial charge in [0.15, 0.2) is 11.6 Å². The third-order valence-electron chi connectivity index (χ3n) is 2.75. The monoisotopic (exact) mass is 290 g/mol. The zero-order valence-electron chi connectivity index (χ0n) is 8.25. The fraction of sp³-hybridized carbons (Fsp3) is 0.364. The van der Waals surface area contributed by atoms with Crippen LogP contribution in [-0.2, 0) is 4.79 Å². The lowest BCUT2D eigenvalue weighted by atomic mass is 10.1. The standard InChI is InChI=1S/C11H9BrF2O2/c12-4-6-3-7(6)10-8(13)1-2-9(14)11(10)16-5-15/h1-2,5-7H,3-4H2/t6-,7-/m0/s1. The van der Waals surface area contributed by atoms with Crippen LogP contribution in [-0.4, -0.2) is 11.8 Å². The first-order valence-corrected chi connectivity index (χ1v) is 5.95. The molecule has 0 radical (unpaired) electrons. The van der Waals surface area contributed by atoms with E-state index in [0.29, 0.717) is 0 Å². The highest BCUT2D eigenvalue weighted by Gasteiger charge is 2.41. The average Bonchev–Trinajstić information content (AvgIpc) is 3.03. The van der Waals surface area contributed by atoms with E-state index in [1.165, 1.54) is 0 Å². The summed E-state index contributed by atoms with van der Waals surface area (Å²) in [5, 5.41) is 0.730. The minimum atomic E-state index is -0.705. The normalized spacial score (nSPS) is 22.9. The first-order chi connectivity index (χ1) is 7.69. The van der Waals surface area contributed by atoms with Crippen LogP contribution in [0.1, 0.15) is 17.9 Å². The van der Waals surface area contributed by atoms with Crippen LogP contribution < -0.4 is 4.74 Å². The van der Waals surface area contributed by atoms with Gasteiger partial charge in [-0.2, -0.15) is 0 Å². The first-order valence-electron chi connectivity index (χ1n) is 4.83. The molecule has 2 nitrogen and oxygen atoms in total. The Labute approximate surface area is 99.7 Å². The van der Waals surface area contributed by atoms with E-state index < -0.39 is 11.6 Å². The number of hydrogen-bond donors (Lipinski definition) is 0. The minimum Gasteiger partial charge on any atom is -0.425 e. The molecule has 0 aromatic heterocycles. The maximum absolute atomic E-state index is 13.6. The maximum atomic E-state index is 13.6. The van der Waals surface area contributed by atoms with Crippen molar-refractivity contribution in [3.05, 3.63) is 29.3 Å². The zero-order chi connectivity index (χ0) is 11.7. The summed E-state index contributed by atoms with van der Waals surface area (Å²) in [6.07, 6.45) is 0.779. The summed E-state index contributed by atoms with van der Waals surface area (Å²) in [5.41, 5.74) is 0.177. The predicted octanol–water partition coefficient (Wildman–Crippen LogP) is 3.00. The van der Waals surface area contributed by atoms with Gasteiger partial charge in [0, 0.05) is 10.9 Å². The van der Waals surface area contributed by atoms with Crippen LogP contribution in [0.5, 0.6) is 5.75 Å². The summed E-state index contributed by atoms with van der Waals surface area (Å²) in [7, 11) is 0. The summed E-state index contributed by atoms with van der Waals surface area (Å²) >= 11 is 3.29. The van der Waals surface area contributed by atoms with Crippen LogP contribution in [0, 0.1) is 17.6 Å². The van der Waals surface area contributed by atoms with Gasteiger partial charge < -0.3 is 4.74 Å². The molecular weight excluding hydrogens is 282 g/mol. The van der Waals surface area contributed by atoms with E-state index in [4.69, 9.17) is 0 Å². The number of halogens is 3. The fourth-order valence-electron chi connectivity index (χ4n) is 1.83. The van der Waals surface area contributed by atoms with Crippen molar-refractivity contribution in [2.75, 3.05) is 5.33 Å².